The van der Waals surface area contributed by atoms with Gasteiger partial charge in [0.25, 0.3) is 0 Å². The van der Waals surface area contributed by atoms with Gasteiger partial charge in [0.05, 0.1) is 6.26 Å². The van der Waals surface area contributed by atoms with Gasteiger partial charge in [-0.2, -0.15) is 4.98 Å². The van der Waals surface area contributed by atoms with Gasteiger partial charge in [-0.3, -0.25) is 4.79 Å². The Morgan fingerprint density at radius 1 is 1.37 bits per heavy atom. The monoisotopic (exact) mass is 396 g/mol. The molecular formula is C16H24N6O4S. The summed E-state index contributed by atoms with van der Waals surface area (Å²) in [6.07, 6.45) is 6.43. The Labute approximate surface area is 158 Å². The highest BCUT2D eigenvalue weighted by Crippen LogP contribution is 2.26. The lowest BCUT2D eigenvalue weighted by molar-refractivity contribution is -0.121. The van der Waals surface area contributed by atoms with E-state index >= 15 is 0 Å². The second-order valence-corrected chi connectivity index (χ2v) is 8.67. The molecule has 2 aromatic rings. The second-order valence-electron chi connectivity index (χ2n) is 6.68. The molecule has 1 saturated heterocycles. The first kappa shape index (κ1) is 19.5. The van der Waals surface area contributed by atoms with E-state index in [9.17, 15) is 13.2 Å². The minimum absolute atomic E-state index is 0.0966. The van der Waals surface area contributed by atoms with Crippen molar-refractivity contribution in [2.45, 2.75) is 38.6 Å². The van der Waals surface area contributed by atoms with Gasteiger partial charge < -0.3 is 14.4 Å². The zero-order chi connectivity index (χ0) is 19.4. The number of amides is 1. The quantitative estimate of drug-likeness (QED) is 0.702. The first-order valence-corrected chi connectivity index (χ1v) is 10.7. The average molecular weight is 396 g/mol. The normalized spacial score (nSPS) is 16.5. The average Bonchev–Trinajstić information content (AvgIpc) is 3.24. The van der Waals surface area contributed by atoms with E-state index in [1.807, 2.05) is 6.92 Å². The summed E-state index contributed by atoms with van der Waals surface area (Å²) < 4.78 is 31.6. The number of aromatic nitrogens is 4. The van der Waals surface area contributed by atoms with Crippen LogP contribution in [0.1, 0.15) is 36.3 Å². The lowest BCUT2D eigenvalue weighted by Gasteiger charge is -2.28. The molecule has 1 aliphatic heterocycles. The molecule has 1 amide bonds. The van der Waals surface area contributed by atoms with E-state index in [4.69, 9.17) is 4.52 Å². The second kappa shape index (κ2) is 8.17. The highest BCUT2D eigenvalue weighted by Gasteiger charge is 2.28. The van der Waals surface area contributed by atoms with Crippen LogP contribution in [0.4, 0.5) is 0 Å². The fourth-order valence-corrected chi connectivity index (χ4v) is 3.95. The molecule has 3 rings (SSSR count). The van der Waals surface area contributed by atoms with E-state index in [1.165, 1.54) is 10.6 Å². The third-order valence-electron chi connectivity index (χ3n) is 4.67. The Morgan fingerprint density at radius 2 is 2.11 bits per heavy atom. The number of carbonyl (C=O) groups is 1. The van der Waals surface area contributed by atoms with Crippen LogP contribution in [-0.2, 0) is 27.8 Å². The number of hydrogen-bond donors (Lipinski definition) is 1. The number of hydrogen-bond acceptors (Lipinski definition) is 7. The zero-order valence-electron chi connectivity index (χ0n) is 15.5. The maximum atomic E-state index is 11.9. The van der Waals surface area contributed by atoms with Gasteiger partial charge >= 0.3 is 0 Å². The van der Waals surface area contributed by atoms with Crippen LogP contribution in [0.2, 0.25) is 0 Å². The first-order valence-electron chi connectivity index (χ1n) is 8.85. The summed E-state index contributed by atoms with van der Waals surface area (Å²) in [7, 11) is -3.14. The van der Waals surface area contributed by atoms with E-state index in [-0.39, 0.29) is 18.4 Å². The van der Waals surface area contributed by atoms with Gasteiger partial charge in [0.1, 0.15) is 12.4 Å². The largest absolute Gasteiger partial charge is 0.354 e. The summed E-state index contributed by atoms with van der Waals surface area (Å²) in [6, 6.07) is 0. The molecule has 148 valence electrons. The molecule has 0 spiro atoms. The Bertz CT molecular complexity index is 882. The van der Waals surface area contributed by atoms with Crippen molar-refractivity contribution in [2.24, 2.45) is 0 Å². The molecule has 0 radical (unpaired) electrons. The van der Waals surface area contributed by atoms with Crippen LogP contribution in [0.3, 0.4) is 0 Å². The van der Waals surface area contributed by atoms with Gasteiger partial charge in [0.2, 0.25) is 21.8 Å². The Balaban J connectivity index is 1.43. The molecule has 1 N–H and O–H groups in total. The topological polar surface area (TPSA) is 123 Å². The van der Waals surface area contributed by atoms with Gasteiger partial charge in [-0.1, -0.05) is 5.16 Å². The first-order chi connectivity index (χ1) is 12.8. The van der Waals surface area contributed by atoms with Gasteiger partial charge in [-0.05, 0) is 19.8 Å². The zero-order valence-corrected chi connectivity index (χ0v) is 16.3. The third kappa shape index (κ3) is 5.13. The van der Waals surface area contributed by atoms with Crippen molar-refractivity contribution in [1.82, 2.24) is 29.3 Å². The van der Waals surface area contributed by atoms with Crippen LogP contribution in [0.25, 0.3) is 0 Å². The molecule has 3 heterocycles. The SMILES string of the molecule is Cc1nccn1CC(=O)NCCc1nc(C2CCN(S(C)(=O)=O)CC2)no1. The van der Waals surface area contributed by atoms with E-state index < -0.39 is 10.0 Å². The molecule has 11 heteroatoms. The Kier molecular flexibility index (Phi) is 5.90. The molecule has 0 unspecified atom stereocenters. The fraction of sp³-hybridized carbons (Fsp3) is 0.625. The summed E-state index contributed by atoms with van der Waals surface area (Å²) in [5.41, 5.74) is 0. The van der Waals surface area contributed by atoms with Crippen molar-refractivity contribution < 1.29 is 17.7 Å². The lowest BCUT2D eigenvalue weighted by Crippen LogP contribution is -2.37. The maximum Gasteiger partial charge on any atom is 0.239 e. The highest BCUT2D eigenvalue weighted by molar-refractivity contribution is 7.88. The Morgan fingerprint density at radius 3 is 2.74 bits per heavy atom. The third-order valence-corrected chi connectivity index (χ3v) is 5.97. The molecule has 0 bridgehead atoms. The number of imidazole rings is 1. The Hall–Kier alpha value is -2.27. The minimum atomic E-state index is -3.14. The molecule has 1 aliphatic rings. The fourth-order valence-electron chi connectivity index (χ4n) is 3.07. The summed E-state index contributed by atoms with van der Waals surface area (Å²) >= 11 is 0. The smallest absolute Gasteiger partial charge is 0.239 e. The van der Waals surface area contributed by atoms with Crippen LogP contribution < -0.4 is 5.32 Å². The van der Waals surface area contributed by atoms with Crippen LogP contribution in [0.15, 0.2) is 16.9 Å². The highest BCUT2D eigenvalue weighted by atomic mass is 32.2. The van der Waals surface area contributed by atoms with Gasteiger partial charge in [-0.25, -0.2) is 17.7 Å². The predicted octanol–water partition coefficient (Wildman–Crippen LogP) is 0.0724. The number of piperidine rings is 1. The number of nitrogens with one attached hydrogen (secondary N) is 1. The molecule has 2 aromatic heterocycles. The van der Waals surface area contributed by atoms with Gasteiger partial charge in [0, 0.05) is 44.4 Å². The molecule has 10 nitrogen and oxygen atoms in total. The standard InChI is InChI=1S/C16H24N6O4S/c1-12-17-7-10-21(12)11-14(23)18-6-3-15-19-16(20-26-15)13-4-8-22(9-5-13)27(2,24)25/h7,10,13H,3-6,8-9,11H2,1-2H3,(H,18,23). The molecule has 0 saturated carbocycles. The number of rotatable bonds is 7. The van der Waals surface area contributed by atoms with Crippen molar-refractivity contribution in [1.29, 1.82) is 0 Å². The van der Waals surface area contributed by atoms with E-state index in [2.05, 4.69) is 20.4 Å². The van der Waals surface area contributed by atoms with Crippen molar-refractivity contribution in [2.75, 3.05) is 25.9 Å². The lowest BCUT2D eigenvalue weighted by atomic mass is 9.97. The van der Waals surface area contributed by atoms with Gasteiger partial charge in [0.15, 0.2) is 5.82 Å². The van der Waals surface area contributed by atoms with E-state index in [1.54, 1.807) is 17.0 Å². The molecule has 27 heavy (non-hydrogen) atoms. The number of sulfonamides is 1. The number of carbonyl (C=O) groups excluding carboxylic acids is 1. The molecular weight excluding hydrogens is 372 g/mol. The van der Waals surface area contributed by atoms with Gasteiger partial charge in [-0.15, -0.1) is 0 Å². The molecule has 1 fully saturated rings. The summed E-state index contributed by atoms with van der Waals surface area (Å²) in [5.74, 6) is 1.85. The number of aryl methyl sites for hydroxylation is 1. The van der Waals surface area contributed by atoms with Crippen LogP contribution >= 0.6 is 0 Å². The van der Waals surface area contributed by atoms with Crippen molar-refractivity contribution >= 4 is 15.9 Å². The van der Waals surface area contributed by atoms with Crippen LogP contribution in [0, 0.1) is 6.92 Å². The molecule has 0 atom stereocenters. The maximum absolute atomic E-state index is 11.9. The van der Waals surface area contributed by atoms with Crippen molar-refractivity contribution in [3.8, 4) is 0 Å². The van der Waals surface area contributed by atoms with Crippen molar-refractivity contribution in [3.05, 3.63) is 29.9 Å². The number of nitrogens with zero attached hydrogens (tertiary/aromatic N) is 5. The van der Waals surface area contributed by atoms with Crippen molar-refractivity contribution in [3.63, 3.8) is 0 Å². The van der Waals surface area contributed by atoms with Crippen LogP contribution in [-0.4, -0.2) is 64.2 Å². The van der Waals surface area contributed by atoms with E-state index in [0.717, 1.165) is 5.82 Å². The summed E-state index contributed by atoms with van der Waals surface area (Å²) in [4.78, 5) is 20.4. The predicted molar refractivity (Wildman–Crippen MR) is 96.4 cm³/mol. The molecule has 0 aliphatic carbocycles. The minimum Gasteiger partial charge on any atom is -0.354 e. The summed E-state index contributed by atoms with van der Waals surface area (Å²) in [5, 5.41) is 6.84. The van der Waals surface area contributed by atoms with E-state index in [0.29, 0.717) is 50.6 Å². The summed E-state index contributed by atoms with van der Waals surface area (Å²) in [6.45, 7) is 3.41. The molecule has 0 aromatic carbocycles. The van der Waals surface area contributed by atoms with Crippen LogP contribution in [0.5, 0.6) is 0 Å².